The van der Waals surface area contributed by atoms with Crippen LogP contribution in [0.25, 0.3) is 0 Å². The molecule has 2 fully saturated rings. The van der Waals surface area contributed by atoms with Crippen LogP contribution in [0.2, 0.25) is 0 Å². The molecule has 154 valence electrons. The number of likely N-dealkylation sites (N-methyl/N-ethyl adjacent to an activating group) is 1. The fourth-order valence-corrected chi connectivity index (χ4v) is 4.17. The number of likely N-dealkylation sites (tertiary alicyclic amines) is 1. The summed E-state index contributed by atoms with van der Waals surface area (Å²) in [7, 11) is 2.17. The zero-order valence-electron chi connectivity index (χ0n) is 17.5. The monoisotopic (exact) mass is 393 g/mol. The van der Waals surface area contributed by atoms with Crippen molar-refractivity contribution in [3.05, 3.63) is 48.3 Å². The molecule has 6 heteroatoms. The molecule has 4 rings (SSSR count). The second-order valence-electron chi connectivity index (χ2n) is 8.42. The first-order chi connectivity index (χ1) is 14.1. The molecule has 0 spiro atoms. The van der Waals surface area contributed by atoms with Gasteiger partial charge in [-0.1, -0.05) is 6.92 Å². The third-order valence-electron chi connectivity index (χ3n) is 5.95. The largest absolute Gasteiger partial charge is 0.369 e. The number of nitrogens with one attached hydrogen (secondary N) is 1. The number of hydrogen-bond acceptors (Lipinski definition) is 5. The van der Waals surface area contributed by atoms with Gasteiger partial charge in [0.2, 0.25) is 0 Å². The van der Waals surface area contributed by atoms with Gasteiger partial charge in [0.05, 0.1) is 17.4 Å². The summed E-state index contributed by atoms with van der Waals surface area (Å²) in [5, 5.41) is 3.39. The Bertz CT molecular complexity index is 829. The Kier molecular flexibility index (Phi) is 6.00. The van der Waals surface area contributed by atoms with Crippen LogP contribution in [0, 0.1) is 5.92 Å². The van der Waals surface area contributed by atoms with Crippen LogP contribution in [-0.2, 0) is 0 Å². The van der Waals surface area contributed by atoms with Crippen molar-refractivity contribution in [1.82, 2.24) is 14.8 Å². The molecular weight excluding hydrogens is 362 g/mol. The Balaban J connectivity index is 1.40. The first kappa shape index (κ1) is 19.7. The number of piperidine rings is 1. The van der Waals surface area contributed by atoms with Crippen molar-refractivity contribution in [3.63, 3.8) is 0 Å². The Morgan fingerprint density at radius 2 is 1.79 bits per heavy atom. The Morgan fingerprint density at radius 3 is 2.52 bits per heavy atom. The number of rotatable bonds is 4. The van der Waals surface area contributed by atoms with Gasteiger partial charge in [-0.05, 0) is 56.1 Å². The Labute approximate surface area is 173 Å². The van der Waals surface area contributed by atoms with Crippen molar-refractivity contribution in [1.29, 1.82) is 0 Å². The fourth-order valence-electron chi connectivity index (χ4n) is 4.17. The molecule has 0 saturated carbocycles. The van der Waals surface area contributed by atoms with Crippen molar-refractivity contribution < 1.29 is 4.79 Å². The number of aromatic nitrogens is 1. The minimum absolute atomic E-state index is 0.0816. The van der Waals surface area contributed by atoms with Crippen molar-refractivity contribution in [2.24, 2.45) is 5.92 Å². The minimum atomic E-state index is 0.0816. The molecule has 29 heavy (non-hydrogen) atoms. The maximum Gasteiger partial charge on any atom is 0.255 e. The molecule has 3 heterocycles. The number of piperazine rings is 1. The molecule has 2 aliphatic rings. The van der Waals surface area contributed by atoms with Crippen molar-refractivity contribution in [2.75, 3.05) is 56.5 Å². The molecular formula is C23H31N5O. The number of pyridine rings is 1. The van der Waals surface area contributed by atoms with Gasteiger partial charge in [-0.2, -0.15) is 0 Å². The summed E-state index contributed by atoms with van der Waals surface area (Å²) >= 11 is 0. The van der Waals surface area contributed by atoms with Gasteiger partial charge in [-0.25, -0.2) is 0 Å². The van der Waals surface area contributed by atoms with E-state index in [0.29, 0.717) is 11.5 Å². The maximum atomic E-state index is 12.8. The van der Waals surface area contributed by atoms with Gasteiger partial charge in [0, 0.05) is 56.8 Å². The normalized spacial score (nSPS) is 20.6. The molecule has 1 atom stereocenters. The van der Waals surface area contributed by atoms with E-state index in [2.05, 4.69) is 58.3 Å². The summed E-state index contributed by atoms with van der Waals surface area (Å²) < 4.78 is 0. The molecule has 0 bridgehead atoms. The van der Waals surface area contributed by atoms with Crippen LogP contribution >= 0.6 is 0 Å². The van der Waals surface area contributed by atoms with E-state index in [4.69, 9.17) is 0 Å². The first-order valence-electron chi connectivity index (χ1n) is 10.6. The lowest BCUT2D eigenvalue weighted by Crippen LogP contribution is -2.44. The van der Waals surface area contributed by atoms with Crippen LogP contribution in [0.4, 0.5) is 17.1 Å². The highest BCUT2D eigenvalue weighted by molar-refractivity contribution is 5.95. The zero-order chi connectivity index (χ0) is 20.2. The van der Waals surface area contributed by atoms with E-state index in [1.165, 1.54) is 12.1 Å². The van der Waals surface area contributed by atoms with E-state index in [1.54, 1.807) is 12.4 Å². The van der Waals surface area contributed by atoms with E-state index in [-0.39, 0.29) is 5.91 Å². The summed E-state index contributed by atoms with van der Waals surface area (Å²) in [6, 6.07) is 10.4. The summed E-state index contributed by atoms with van der Waals surface area (Å²) in [4.78, 5) is 23.9. The number of nitrogens with zero attached hydrogens (tertiary/aromatic N) is 4. The van der Waals surface area contributed by atoms with E-state index in [0.717, 1.165) is 57.1 Å². The molecule has 0 radical (unpaired) electrons. The van der Waals surface area contributed by atoms with Gasteiger partial charge in [-0.3, -0.25) is 9.78 Å². The first-order valence-corrected chi connectivity index (χ1v) is 10.6. The number of benzene rings is 1. The maximum absolute atomic E-state index is 12.8. The summed E-state index contributed by atoms with van der Waals surface area (Å²) in [5.74, 6) is 0.652. The lowest BCUT2D eigenvalue weighted by Gasteiger charge is -2.34. The lowest BCUT2D eigenvalue weighted by atomic mass is 10.00. The van der Waals surface area contributed by atoms with E-state index in [9.17, 15) is 4.79 Å². The predicted octanol–water partition coefficient (Wildman–Crippen LogP) is 3.45. The van der Waals surface area contributed by atoms with Crippen molar-refractivity contribution >= 4 is 23.0 Å². The van der Waals surface area contributed by atoms with Gasteiger partial charge < -0.3 is 20.0 Å². The molecule has 1 N–H and O–H groups in total. The number of amides is 1. The third kappa shape index (κ3) is 4.88. The number of anilines is 3. The van der Waals surface area contributed by atoms with Crippen LogP contribution in [0.3, 0.4) is 0 Å². The van der Waals surface area contributed by atoms with Gasteiger partial charge in [-0.15, -0.1) is 0 Å². The highest BCUT2D eigenvalue weighted by Gasteiger charge is 2.22. The van der Waals surface area contributed by atoms with Crippen LogP contribution in [0.5, 0.6) is 0 Å². The lowest BCUT2D eigenvalue weighted by molar-refractivity contribution is 0.0682. The molecule has 2 aromatic rings. The second kappa shape index (κ2) is 8.82. The van der Waals surface area contributed by atoms with E-state index in [1.807, 2.05) is 11.0 Å². The Morgan fingerprint density at radius 1 is 1.03 bits per heavy atom. The molecule has 2 aliphatic heterocycles. The molecule has 1 unspecified atom stereocenters. The molecule has 1 aromatic heterocycles. The van der Waals surface area contributed by atoms with E-state index < -0.39 is 0 Å². The summed E-state index contributed by atoms with van der Waals surface area (Å²) in [6.45, 7) is 8.21. The molecule has 6 nitrogen and oxygen atoms in total. The van der Waals surface area contributed by atoms with Crippen LogP contribution < -0.4 is 10.2 Å². The second-order valence-corrected chi connectivity index (χ2v) is 8.42. The summed E-state index contributed by atoms with van der Waals surface area (Å²) in [5.41, 5.74) is 3.75. The average molecular weight is 394 g/mol. The molecule has 0 aliphatic carbocycles. The van der Waals surface area contributed by atoms with Gasteiger partial charge in [0.1, 0.15) is 0 Å². The van der Waals surface area contributed by atoms with Gasteiger partial charge in [0.15, 0.2) is 0 Å². The highest BCUT2D eigenvalue weighted by atomic mass is 16.2. The number of carbonyl (C=O) groups excluding carboxylic acids is 1. The van der Waals surface area contributed by atoms with E-state index >= 15 is 0 Å². The average Bonchev–Trinajstić information content (AvgIpc) is 2.75. The number of hydrogen-bond donors (Lipinski definition) is 1. The SMILES string of the molecule is CC1CCCN(C(=O)c2cncc(Nc3ccc(N4CCN(C)CC4)cc3)c2)C1. The zero-order valence-corrected chi connectivity index (χ0v) is 17.5. The Hall–Kier alpha value is -2.60. The van der Waals surface area contributed by atoms with Gasteiger partial charge in [0.25, 0.3) is 5.91 Å². The molecule has 2 saturated heterocycles. The molecule has 1 amide bonds. The van der Waals surface area contributed by atoms with Crippen molar-refractivity contribution in [3.8, 4) is 0 Å². The highest BCUT2D eigenvalue weighted by Crippen LogP contribution is 2.23. The van der Waals surface area contributed by atoms with Crippen molar-refractivity contribution in [2.45, 2.75) is 19.8 Å². The molecule has 1 aromatic carbocycles. The fraction of sp³-hybridized carbons (Fsp3) is 0.478. The smallest absolute Gasteiger partial charge is 0.255 e. The minimum Gasteiger partial charge on any atom is -0.369 e. The van der Waals surface area contributed by atoms with Crippen LogP contribution in [0.1, 0.15) is 30.1 Å². The van der Waals surface area contributed by atoms with Crippen LogP contribution in [0.15, 0.2) is 42.7 Å². The standard InChI is InChI=1S/C23H31N5O/c1-18-4-3-9-28(17-18)23(29)19-14-21(16-24-15-19)25-20-5-7-22(8-6-20)27-12-10-26(2)11-13-27/h5-8,14-16,18,25H,3-4,9-13,17H2,1-2H3. The third-order valence-corrected chi connectivity index (χ3v) is 5.95. The number of carbonyl (C=O) groups is 1. The topological polar surface area (TPSA) is 51.7 Å². The summed E-state index contributed by atoms with van der Waals surface area (Å²) in [6.07, 6.45) is 5.72. The predicted molar refractivity (Wildman–Crippen MR) is 118 cm³/mol. The van der Waals surface area contributed by atoms with Gasteiger partial charge >= 0.3 is 0 Å². The van der Waals surface area contributed by atoms with Crippen LogP contribution in [-0.4, -0.2) is 67.0 Å². The quantitative estimate of drug-likeness (QED) is 0.862.